The van der Waals surface area contributed by atoms with Crippen molar-refractivity contribution in [2.24, 2.45) is 0 Å². The SMILES string of the molecule is CC(C)(C)NS(=O)c1ccccc1C(O)c1cccnc1. The van der Waals surface area contributed by atoms with E-state index in [1.807, 2.05) is 32.9 Å². The topological polar surface area (TPSA) is 62.2 Å². The van der Waals surface area contributed by atoms with Gasteiger partial charge in [-0.05, 0) is 32.9 Å². The Morgan fingerprint density at radius 1 is 1.19 bits per heavy atom. The molecule has 0 aliphatic carbocycles. The molecule has 0 radical (unpaired) electrons. The van der Waals surface area contributed by atoms with E-state index in [0.29, 0.717) is 16.0 Å². The summed E-state index contributed by atoms with van der Waals surface area (Å²) in [5.41, 5.74) is 1.02. The van der Waals surface area contributed by atoms with Crippen LogP contribution in [-0.2, 0) is 11.0 Å². The molecule has 4 nitrogen and oxygen atoms in total. The molecule has 2 aromatic rings. The van der Waals surface area contributed by atoms with Gasteiger partial charge in [0.2, 0.25) is 0 Å². The van der Waals surface area contributed by atoms with E-state index < -0.39 is 17.1 Å². The van der Waals surface area contributed by atoms with Crippen LogP contribution in [0, 0.1) is 0 Å². The number of aromatic nitrogens is 1. The van der Waals surface area contributed by atoms with E-state index in [0.717, 1.165) is 0 Å². The molecule has 0 saturated heterocycles. The lowest BCUT2D eigenvalue weighted by Crippen LogP contribution is -2.37. The van der Waals surface area contributed by atoms with Gasteiger partial charge in [-0.25, -0.2) is 8.93 Å². The molecule has 2 unspecified atom stereocenters. The first kappa shape index (κ1) is 15.8. The van der Waals surface area contributed by atoms with E-state index >= 15 is 0 Å². The van der Waals surface area contributed by atoms with Gasteiger partial charge in [0.25, 0.3) is 0 Å². The number of nitrogens with zero attached hydrogens (tertiary/aromatic N) is 1. The Morgan fingerprint density at radius 2 is 1.90 bits per heavy atom. The lowest BCUT2D eigenvalue weighted by atomic mass is 10.0. The van der Waals surface area contributed by atoms with Gasteiger partial charge in [0.05, 0.1) is 4.90 Å². The number of hydrogen-bond donors (Lipinski definition) is 2. The van der Waals surface area contributed by atoms with Crippen LogP contribution in [0.3, 0.4) is 0 Å². The smallest absolute Gasteiger partial charge is 0.125 e. The molecule has 0 amide bonds. The van der Waals surface area contributed by atoms with E-state index in [1.165, 1.54) is 0 Å². The van der Waals surface area contributed by atoms with Crippen molar-refractivity contribution >= 4 is 11.0 Å². The molecule has 2 atom stereocenters. The average Bonchev–Trinajstić information content (AvgIpc) is 2.45. The van der Waals surface area contributed by atoms with Crippen LogP contribution in [-0.4, -0.2) is 19.8 Å². The minimum Gasteiger partial charge on any atom is -0.384 e. The van der Waals surface area contributed by atoms with E-state index in [-0.39, 0.29) is 5.54 Å². The number of pyridine rings is 1. The number of aliphatic hydroxyl groups excluding tert-OH is 1. The summed E-state index contributed by atoms with van der Waals surface area (Å²) in [5.74, 6) is 0. The van der Waals surface area contributed by atoms with Crippen LogP contribution >= 0.6 is 0 Å². The second kappa shape index (κ2) is 6.47. The maximum Gasteiger partial charge on any atom is 0.125 e. The highest BCUT2D eigenvalue weighted by atomic mass is 32.2. The Bertz CT molecular complexity index is 624. The first-order chi connectivity index (χ1) is 9.88. The maximum absolute atomic E-state index is 12.5. The van der Waals surface area contributed by atoms with Crippen molar-refractivity contribution in [1.29, 1.82) is 0 Å². The first-order valence-electron chi connectivity index (χ1n) is 6.75. The summed E-state index contributed by atoms with van der Waals surface area (Å²) >= 11 is 0. The van der Waals surface area contributed by atoms with Gasteiger partial charge in [-0.2, -0.15) is 0 Å². The zero-order valence-electron chi connectivity index (χ0n) is 12.4. The molecule has 1 aromatic carbocycles. The highest BCUT2D eigenvalue weighted by molar-refractivity contribution is 7.83. The van der Waals surface area contributed by atoms with Gasteiger partial charge in [0, 0.05) is 29.1 Å². The minimum atomic E-state index is -1.39. The highest BCUT2D eigenvalue weighted by Gasteiger charge is 2.21. The Kier molecular flexibility index (Phi) is 4.88. The largest absolute Gasteiger partial charge is 0.384 e. The number of rotatable bonds is 4. The highest BCUT2D eigenvalue weighted by Crippen LogP contribution is 2.26. The molecule has 21 heavy (non-hydrogen) atoms. The second-order valence-electron chi connectivity index (χ2n) is 5.85. The van der Waals surface area contributed by atoms with Gasteiger partial charge in [0.15, 0.2) is 0 Å². The van der Waals surface area contributed by atoms with Crippen molar-refractivity contribution in [1.82, 2.24) is 9.71 Å². The molecular weight excluding hydrogens is 284 g/mol. The summed E-state index contributed by atoms with van der Waals surface area (Å²) in [7, 11) is -1.39. The summed E-state index contributed by atoms with van der Waals surface area (Å²) in [6, 6.07) is 10.8. The fraction of sp³-hybridized carbons (Fsp3) is 0.312. The molecule has 112 valence electrons. The van der Waals surface area contributed by atoms with Crippen LogP contribution in [0.4, 0.5) is 0 Å². The molecule has 1 aromatic heterocycles. The van der Waals surface area contributed by atoms with E-state index in [2.05, 4.69) is 9.71 Å². The van der Waals surface area contributed by atoms with Crippen LogP contribution in [0.1, 0.15) is 38.0 Å². The Balaban J connectivity index is 2.35. The summed E-state index contributed by atoms with van der Waals surface area (Å²) in [4.78, 5) is 4.60. The fourth-order valence-corrected chi connectivity index (χ4v) is 3.19. The Hall–Kier alpha value is -1.56. The number of aliphatic hydroxyl groups is 1. The van der Waals surface area contributed by atoms with Gasteiger partial charge in [0.1, 0.15) is 17.1 Å². The third-order valence-corrected chi connectivity index (χ3v) is 4.38. The number of hydrogen-bond acceptors (Lipinski definition) is 3. The maximum atomic E-state index is 12.5. The predicted octanol–water partition coefficient (Wildman–Crippen LogP) is 2.57. The standard InChI is InChI=1S/C16H20N2O2S/c1-16(2,3)18-21(20)14-9-5-4-8-13(14)15(19)12-7-6-10-17-11-12/h4-11,15,18-19H,1-3H3. The van der Waals surface area contributed by atoms with Gasteiger partial charge in [-0.3, -0.25) is 4.98 Å². The lowest BCUT2D eigenvalue weighted by molar-refractivity contribution is 0.216. The molecule has 2 N–H and O–H groups in total. The molecule has 1 heterocycles. The van der Waals surface area contributed by atoms with Crippen LogP contribution in [0.5, 0.6) is 0 Å². The van der Waals surface area contributed by atoms with Crippen molar-refractivity contribution < 1.29 is 9.32 Å². The normalized spacial score (nSPS) is 14.7. The van der Waals surface area contributed by atoms with Gasteiger partial charge in [-0.1, -0.05) is 24.3 Å². The second-order valence-corrected chi connectivity index (χ2v) is 7.03. The summed E-state index contributed by atoms with van der Waals surface area (Å²) < 4.78 is 15.5. The molecule has 0 aliphatic rings. The van der Waals surface area contributed by atoms with Crippen molar-refractivity contribution in [2.45, 2.75) is 37.3 Å². The van der Waals surface area contributed by atoms with E-state index in [4.69, 9.17) is 0 Å². The van der Waals surface area contributed by atoms with Gasteiger partial charge in [-0.15, -0.1) is 0 Å². The molecule has 5 heteroatoms. The minimum absolute atomic E-state index is 0.281. The van der Waals surface area contributed by atoms with Crippen molar-refractivity contribution in [2.75, 3.05) is 0 Å². The summed E-state index contributed by atoms with van der Waals surface area (Å²) in [6.45, 7) is 5.85. The average molecular weight is 304 g/mol. The molecular formula is C16H20N2O2S. The zero-order chi connectivity index (χ0) is 15.5. The molecule has 2 rings (SSSR count). The van der Waals surface area contributed by atoms with Crippen LogP contribution < -0.4 is 4.72 Å². The summed E-state index contributed by atoms with van der Waals surface area (Å²) in [6.07, 6.45) is 2.42. The Labute approximate surface area is 127 Å². The molecule has 0 bridgehead atoms. The third-order valence-electron chi connectivity index (χ3n) is 2.81. The quantitative estimate of drug-likeness (QED) is 0.912. The van der Waals surface area contributed by atoms with Crippen LogP contribution in [0.2, 0.25) is 0 Å². The Morgan fingerprint density at radius 3 is 2.52 bits per heavy atom. The molecule has 0 saturated carbocycles. The van der Waals surface area contributed by atoms with Crippen LogP contribution in [0.15, 0.2) is 53.7 Å². The first-order valence-corrected chi connectivity index (χ1v) is 7.90. The van der Waals surface area contributed by atoms with Crippen molar-refractivity contribution in [3.63, 3.8) is 0 Å². The predicted molar refractivity (Wildman–Crippen MR) is 84.0 cm³/mol. The number of benzene rings is 1. The van der Waals surface area contributed by atoms with Gasteiger partial charge < -0.3 is 5.11 Å². The summed E-state index contributed by atoms with van der Waals surface area (Å²) in [5, 5.41) is 10.5. The monoisotopic (exact) mass is 304 g/mol. The molecule has 0 fully saturated rings. The molecule has 0 aliphatic heterocycles. The van der Waals surface area contributed by atoms with Crippen molar-refractivity contribution in [3.05, 3.63) is 59.9 Å². The molecule has 0 spiro atoms. The van der Waals surface area contributed by atoms with E-state index in [1.54, 1.807) is 36.7 Å². The van der Waals surface area contributed by atoms with E-state index in [9.17, 15) is 9.32 Å². The van der Waals surface area contributed by atoms with Crippen molar-refractivity contribution in [3.8, 4) is 0 Å². The fourth-order valence-electron chi connectivity index (χ4n) is 1.93. The number of nitrogens with one attached hydrogen (secondary N) is 1. The lowest BCUT2D eigenvalue weighted by Gasteiger charge is -2.22. The zero-order valence-corrected chi connectivity index (χ0v) is 13.2. The van der Waals surface area contributed by atoms with Crippen LogP contribution in [0.25, 0.3) is 0 Å². The van der Waals surface area contributed by atoms with Gasteiger partial charge >= 0.3 is 0 Å². The third kappa shape index (κ3) is 4.20.